The van der Waals surface area contributed by atoms with Gasteiger partial charge in [0.2, 0.25) is 0 Å². The van der Waals surface area contributed by atoms with Crippen LogP contribution < -0.4 is 5.73 Å². The summed E-state index contributed by atoms with van der Waals surface area (Å²) in [5.74, 6) is 0. The van der Waals surface area contributed by atoms with Crippen LogP contribution in [0.15, 0.2) is 40.6 Å². The molecule has 82 valence electrons. The van der Waals surface area contributed by atoms with Gasteiger partial charge in [-0.25, -0.2) is 9.97 Å². The molecule has 2 rings (SSSR count). The third kappa shape index (κ3) is 2.85. The maximum Gasteiger partial charge on any atom is 0.192 e. The minimum Gasteiger partial charge on any atom is -0.399 e. The predicted molar refractivity (Wildman–Crippen MR) is 74.5 cm³/mol. The van der Waals surface area contributed by atoms with E-state index in [0.717, 1.165) is 24.9 Å². The molecular weight excluding hydrogens is 333 g/mol. The van der Waals surface area contributed by atoms with Crippen LogP contribution in [0.5, 0.6) is 0 Å². The first-order chi connectivity index (χ1) is 7.65. The third-order valence-corrected chi connectivity index (χ3v) is 4.14. The van der Waals surface area contributed by atoms with Gasteiger partial charge >= 0.3 is 0 Å². The Morgan fingerprint density at radius 3 is 2.56 bits per heavy atom. The van der Waals surface area contributed by atoms with E-state index in [1.54, 1.807) is 11.8 Å². The number of hydrogen-bond acceptors (Lipinski definition) is 4. The molecule has 1 aromatic carbocycles. The molecule has 0 saturated carbocycles. The highest BCUT2D eigenvalue weighted by Gasteiger charge is 2.04. The number of nitrogen functional groups attached to an aromatic ring is 1. The summed E-state index contributed by atoms with van der Waals surface area (Å²) in [5.41, 5.74) is 7.54. The Bertz CT molecular complexity index is 499. The van der Waals surface area contributed by atoms with Crippen LogP contribution in [0.1, 0.15) is 5.56 Å². The number of anilines is 1. The lowest BCUT2D eigenvalue weighted by atomic mass is 10.3. The zero-order chi connectivity index (χ0) is 11.5. The molecule has 0 aliphatic heterocycles. The fourth-order valence-corrected chi connectivity index (χ4v) is 2.70. The van der Waals surface area contributed by atoms with Gasteiger partial charge in [0, 0.05) is 26.5 Å². The number of aromatic nitrogens is 2. The molecule has 5 heteroatoms. The van der Waals surface area contributed by atoms with Crippen molar-refractivity contribution in [2.45, 2.75) is 17.0 Å². The molecule has 0 radical (unpaired) electrons. The molecule has 0 aliphatic rings. The van der Waals surface area contributed by atoms with Crippen molar-refractivity contribution < 1.29 is 0 Å². The fourth-order valence-electron chi connectivity index (χ4n) is 1.13. The highest BCUT2D eigenvalue weighted by molar-refractivity contribution is 14.1. The van der Waals surface area contributed by atoms with E-state index in [0.29, 0.717) is 0 Å². The van der Waals surface area contributed by atoms with E-state index >= 15 is 0 Å². The molecule has 1 aromatic heterocycles. The SMILES string of the molecule is Cc1cnc(Sc2ccc(N)cc2I)nc1. The summed E-state index contributed by atoms with van der Waals surface area (Å²) < 4.78 is 1.12. The average Bonchev–Trinajstić information content (AvgIpc) is 2.25. The minimum absolute atomic E-state index is 0.758. The van der Waals surface area contributed by atoms with E-state index in [1.807, 2.05) is 37.5 Å². The van der Waals surface area contributed by atoms with E-state index in [-0.39, 0.29) is 0 Å². The van der Waals surface area contributed by atoms with Crippen LogP contribution in [-0.4, -0.2) is 9.97 Å². The van der Waals surface area contributed by atoms with Gasteiger partial charge in [0.25, 0.3) is 0 Å². The first kappa shape index (κ1) is 11.7. The van der Waals surface area contributed by atoms with E-state index in [4.69, 9.17) is 5.73 Å². The molecule has 0 unspecified atom stereocenters. The number of benzene rings is 1. The van der Waals surface area contributed by atoms with Gasteiger partial charge in [0.1, 0.15) is 0 Å². The highest BCUT2D eigenvalue weighted by Crippen LogP contribution is 2.29. The Morgan fingerprint density at radius 2 is 1.94 bits per heavy atom. The van der Waals surface area contributed by atoms with Crippen LogP contribution in [-0.2, 0) is 0 Å². The minimum atomic E-state index is 0.758. The summed E-state index contributed by atoms with van der Waals surface area (Å²) in [6.45, 7) is 1.97. The monoisotopic (exact) mass is 343 g/mol. The zero-order valence-electron chi connectivity index (χ0n) is 8.64. The summed E-state index contributed by atoms with van der Waals surface area (Å²) in [7, 11) is 0. The Labute approximate surface area is 112 Å². The number of hydrogen-bond donors (Lipinski definition) is 1. The van der Waals surface area contributed by atoms with E-state index < -0.39 is 0 Å². The van der Waals surface area contributed by atoms with Crippen LogP contribution in [0.25, 0.3) is 0 Å². The molecule has 0 atom stereocenters. The largest absolute Gasteiger partial charge is 0.399 e. The first-order valence-electron chi connectivity index (χ1n) is 4.66. The second-order valence-corrected chi connectivity index (χ2v) is 5.51. The topological polar surface area (TPSA) is 51.8 Å². The Kier molecular flexibility index (Phi) is 3.65. The standard InChI is InChI=1S/C11H10IN3S/c1-7-5-14-11(15-6-7)16-10-3-2-8(13)4-9(10)12/h2-6H,13H2,1H3. The van der Waals surface area contributed by atoms with E-state index in [2.05, 4.69) is 32.6 Å². The summed E-state index contributed by atoms with van der Waals surface area (Å²) in [4.78, 5) is 9.63. The maximum atomic E-state index is 5.70. The predicted octanol–water partition coefficient (Wildman–Crippen LogP) is 3.12. The molecule has 0 saturated heterocycles. The van der Waals surface area contributed by atoms with E-state index in [9.17, 15) is 0 Å². The van der Waals surface area contributed by atoms with Gasteiger partial charge in [0.05, 0.1) is 0 Å². The molecule has 1 heterocycles. The van der Waals surface area contributed by atoms with Gasteiger partial charge in [-0.15, -0.1) is 0 Å². The Morgan fingerprint density at radius 1 is 1.25 bits per heavy atom. The molecule has 2 aromatic rings. The second kappa shape index (κ2) is 5.01. The van der Waals surface area contributed by atoms with Crippen LogP contribution >= 0.6 is 34.4 Å². The van der Waals surface area contributed by atoms with Crippen molar-refractivity contribution in [3.05, 3.63) is 39.7 Å². The van der Waals surface area contributed by atoms with Crippen molar-refractivity contribution >= 4 is 40.0 Å². The summed E-state index contributed by atoms with van der Waals surface area (Å²) in [6, 6.07) is 5.82. The van der Waals surface area contributed by atoms with Crippen molar-refractivity contribution in [1.29, 1.82) is 0 Å². The Balaban J connectivity index is 2.23. The average molecular weight is 343 g/mol. The lowest BCUT2D eigenvalue weighted by molar-refractivity contribution is 0.949. The molecule has 16 heavy (non-hydrogen) atoms. The first-order valence-corrected chi connectivity index (χ1v) is 6.56. The lowest BCUT2D eigenvalue weighted by Gasteiger charge is -2.03. The highest BCUT2D eigenvalue weighted by atomic mass is 127. The molecule has 0 fully saturated rings. The normalized spacial score (nSPS) is 10.4. The quantitative estimate of drug-likeness (QED) is 0.517. The van der Waals surface area contributed by atoms with Crippen LogP contribution in [0, 0.1) is 10.5 Å². The summed E-state index contributed by atoms with van der Waals surface area (Å²) in [6.07, 6.45) is 3.64. The van der Waals surface area contributed by atoms with Crippen molar-refractivity contribution in [3.63, 3.8) is 0 Å². The van der Waals surface area contributed by atoms with Gasteiger partial charge in [-0.2, -0.15) is 0 Å². The molecule has 3 nitrogen and oxygen atoms in total. The number of aryl methyl sites for hydroxylation is 1. The lowest BCUT2D eigenvalue weighted by Crippen LogP contribution is -1.89. The van der Waals surface area contributed by atoms with Crippen molar-refractivity contribution in [3.8, 4) is 0 Å². The molecule has 0 bridgehead atoms. The molecule has 0 aliphatic carbocycles. The number of nitrogens with two attached hydrogens (primary N) is 1. The fraction of sp³-hybridized carbons (Fsp3) is 0.0909. The van der Waals surface area contributed by atoms with Gasteiger partial charge in [-0.1, -0.05) is 0 Å². The smallest absolute Gasteiger partial charge is 0.192 e. The molecule has 0 amide bonds. The summed E-state index contributed by atoms with van der Waals surface area (Å²) in [5, 5.41) is 0.758. The number of nitrogens with zero attached hydrogens (tertiary/aromatic N) is 2. The van der Waals surface area contributed by atoms with Gasteiger partial charge < -0.3 is 5.73 Å². The van der Waals surface area contributed by atoms with Gasteiger partial charge in [-0.3, -0.25) is 0 Å². The van der Waals surface area contributed by atoms with Crippen molar-refractivity contribution in [1.82, 2.24) is 9.97 Å². The molecule has 0 spiro atoms. The van der Waals surface area contributed by atoms with Gasteiger partial charge in [-0.05, 0) is 65.0 Å². The van der Waals surface area contributed by atoms with Gasteiger partial charge in [0.15, 0.2) is 5.16 Å². The zero-order valence-corrected chi connectivity index (χ0v) is 11.6. The van der Waals surface area contributed by atoms with Crippen LogP contribution in [0.3, 0.4) is 0 Å². The second-order valence-electron chi connectivity index (χ2n) is 3.33. The van der Waals surface area contributed by atoms with Crippen LogP contribution in [0.4, 0.5) is 5.69 Å². The number of halogens is 1. The summed E-state index contributed by atoms with van der Waals surface area (Å²) >= 11 is 3.81. The third-order valence-electron chi connectivity index (χ3n) is 1.91. The van der Waals surface area contributed by atoms with Crippen molar-refractivity contribution in [2.75, 3.05) is 5.73 Å². The Hall–Kier alpha value is -0.820. The molecule has 2 N–H and O–H groups in total. The number of rotatable bonds is 2. The van der Waals surface area contributed by atoms with Crippen LogP contribution in [0.2, 0.25) is 0 Å². The van der Waals surface area contributed by atoms with E-state index in [1.165, 1.54) is 0 Å². The molecular formula is C11H10IN3S. The maximum absolute atomic E-state index is 5.70. The van der Waals surface area contributed by atoms with Crippen molar-refractivity contribution in [2.24, 2.45) is 0 Å².